The molecule has 0 aliphatic heterocycles. The largest absolute Gasteiger partial charge is 0.488 e. The Bertz CT molecular complexity index is 1470. The molecule has 1 unspecified atom stereocenters. The molecule has 0 radical (unpaired) electrons. The molecular weight excluding hydrogens is 572 g/mol. The molecule has 0 saturated carbocycles. The van der Waals surface area contributed by atoms with Crippen molar-refractivity contribution >= 4 is 39.0 Å². The molecule has 1 atom stereocenters. The van der Waals surface area contributed by atoms with E-state index in [9.17, 15) is 35.9 Å². The van der Waals surface area contributed by atoms with Gasteiger partial charge in [-0.05, 0) is 35.2 Å². The molecule has 3 rings (SSSR count). The Morgan fingerprint density at radius 1 is 1.08 bits per heavy atom. The molecule has 1 aromatic heterocycles. The Morgan fingerprint density at radius 2 is 1.68 bits per heavy atom. The van der Waals surface area contributed by atoms with Crippen LogP contribution in [0.25, 0.3) is 10.1 Å². The van der Waals surface area contributed by atoms with Crippen molar-refractivity contribution < 1.29 is 45.4 Å². The van der Waals surface area contributed by atoms with Crippen molar-refractivity contribution in [3.05, 3.63) is 53.1 Å². The van der Waals surface area contributed by atoms with E-state index in [2.05, 4.69) is 0 Å². The summed E-state index contributed by atoms with van der Waals surface area (Å²) in [6, 6.07) is 7.42. The minimum atomic E-state index is -5.39. The second-order valence-electron chi connectivity index (χ2n) is 7.70. The summed E-state index contributed by atoms with van der Waals surface area (Å²) in [5.41, 5.74) is 8.00. The monoisotopic (exact) mass is 594 g/mol. The van der Waals surface area contributed by atoms with Gasteiger partial charge in [0.05, 0.1) is 17.2 Å². The number of sulfonamides is 1. The third kappa shape index (κ3) is 6.82. The summed E-state index contributed by atoms with van der Waals surface area (Å²) >= 11 is 0.728. The van der Waals surface area contributed by atoms with E-state index < -0.39 is 46.3 Å². The number of thiophene rings is 1. The molecule has 0 aliphatic carbocycles. The van der Waals surface area contributed by atoms with Crippen LogP contribution in [0.15, 0.2) is 40.6 Å². The first-order chi connectivity index (χ1) is 17.7. The number of nitrogens with one attached hydrogen (secondary N) is 1. The molecule has 0 saturated heterocycles. The average Bonchev–Trinajstić information content (AvgIpc) is 3.26. The van der Waals surface area contributed by atoms with Crippen LogP contribution in [0.5, 0.6) is 11.5 Å². The Hall–Kier alpha value is -2.74. The van der Waals surface area contributed by atoms with Crippen LogP contribution in [-0.4, -0.2) is 44.5 Å². The van der Waals surface area contributed by atoms with Crippen LogP contribution in [-0.2, 0) is 20.8 Å². The summed E-state index contributed by atoms with van der Waals surface area (Å²) < 4.78 is 91.6. The highest BCUT2D eigenvalue weighted by Crippen LogP contribution is 2.51. The summed E-state index contributed by atoms with van der Waals surface area (Å²) in [5, 5.41) is 9.35. The molecule has 3 aromatic rings. The number of halogens is 3. The topological polar surface area (TPSA) is 198 Å². The van der Waals surface area contributed by atoms with Gasteiger partial charge >= 0.3 is 13.8 Å². The maximum Gasteiger partial charge on any atom is 0.417 e. The number of hydrogen-bond acceptors (Lipinski definition) is 9. The lowest BCUT2D eigenvalue weighted by molar-refractivity contribution is -0.137. The van der Waals surface area contributed by atoms with Crippen LogP contribution in [0.4, 0.5) is 13.2 Å². The van der Waals surface area contributed by atoms with E-state index in [1.54, 1.807) is 0 Å². The highest BCUT2D eigenvalue weighted by molar-refractivity contribution is 7.92. The van der Waals surface area contributed by atoms with Gasteiger partial charge in [0, 0.05) is 23.9 Å². The average molecular weight is 595 g/mol. The van der Waals surface area contributed by atoms with E-state index >= 15 is 0 Å². The first-order valence-corrected chi connectivity index (χ1v) is 14.6. The van der Waals surface area contributed by atoms with Gasteiger partial charge in [-0.15, -0.1) is 11.3 Å². The number of benzene rings is 2. The molecule has 0 spiro atoms. The van der Waals surface area contributed by atoms with Crippen molar-refractivity contribution in [3.8, 4) is 17.6 Å². The molecule has 0 aliphatic rings. The zero-order chi connectivity index (χ0) is 28.3. The lowest BCUT2D eigenvalue weighted by atomic mass is 10.0. The van der Waals surface area contributed by atoms with Crippen molar-refractivity contribution in [3.63, 3.8) is 0 Å². The van der Waals surface area contributed by atoms with Crippen molar-refractivity contribution in [1.82, 2.24) is 4.72 Å². The molecule has 11 nitrogen and oxygen atoms in total. The van der Waals surface area contributed by atoms with E-state index in [1.165, 1.54) is 24.3 Å². The second kappa shape index (κ2) is 11.6. The first kappa shape index (κ1) is 29.8. The highest BCUT2D eigenvalue weighted by atomic mass is 32.2. The maximum absolute atomic E-state index is 13.4. The van der Waals surface area contributed by atoms with Gasteiger partial charge in [-0.3, -0.25) is 4.57 Å². The van der Waals surface area contributed by atoms with Crippen LogP contribution in [0.3, 0.4) is 0 Å². The summed E-state index contributed by atoms with van der Waals surface area (Å²) in [6.45, 7) is 0.654. The van der Waals surface area contributed by atoms with E-state index in [-0.39, 0.29) is 42.0 Å². The number of rotatable bonds is 11. The molecule has 17 heteroatoms. The van der Waals surface area contributed by atoms with Gasteiger partial charge in [0.15, 0.2) is 11.5 Å². The summed E-state index contributed by atoms with van der Waals surface area (Å²) in [5.74, 6) is -1.84. The Morgan fingerprint density at radius 3 is 2.21 bits per heavy atom. The summed E-state index contributed by atoms with van der Waals surface area (Å²) in [4.78, 5) is 19.7. The van der Waals surface area contributed by atoms with Gasteiger partial charge in [0.25, 0.3) is 10.0 Å². The Balaban J connectivity index is 2.05. The van der Waals surface area contributed by atoms with Crippen molar-refractivity contribution in [2.45, 2.75) is 16.2 Å². The van der Waals surface area contributed by atoms with Crippen molar-refractivity contribution in [1.29, 1.82) is 5.26 Å². The van der Waals surface area contributed by atoms with Crippen LogP contribution in [0.2, 0.25) is 0 Å². The Labute approximate surface area is 219 Å². The zero-order valence-electron chi connectivity index (χ0n) is 19.3. The van der Waals surface area contributed by atoms with E-state index in [0.29, 0.717) is 22.2 Å². The zero-order valence-corrected chi connectivity index (χ0v) is 21.8. The van der Waals surface area contributed by atoms with Gasteiger partial charge in [-0.25, -0.2) is 8.42 Å². The van der Waals surface area contributed by atoms with Gasteiger partial charge < -0.3 is 30.7 Å². The molecule has 1 heterocycles. The molecule has 38 heavy (non-hydrogen) atoms. The minimum absolute atomic E-state index is 0.135. The Kier molecular flexibility index (Phi) is 9.07. The summed E-state index contributed by atoms with van der Waals surface area (Å²) in [6.07, 6.45) is -5.03. The van der Waals surface area contributed by atoms with Crippen LogP contribution >= 0.6 is 18.9 Å². The molecule has 0 bridgehead atoms. The van der Waals surface area contributed by atoms with Gasteiger partial charge in [0.2, 0.25) is 0 Å². The third-order valence-corrected chi connectivity index (χ3v) is 9.23. The van der Waals surface area contributed by atoms with Crippen LogP contribution in [0, 0.1) is 11.3 Å². The molecular formula is C21H22F3N4O7PS2. The van der Waals surface area contributed by atoms with Gasteiger partial charge in [0.1, 0.15) is 23.2 Å². The van der Waals surface area contributed by atoms with Crippen LogP contribution in [0.1, 0.15) is 22.5 Å². The fourth-order valence-electron chi connectivity index (χ4n) is 3.32. The molecule has 206 valence electrons. The minimum Gasteiger partial charge on any atom is -0.488 e. The standard InChI is InChI=1S/C21H22F3N4O7PS2/c22-21(23,24)15-7-12(1-2-13(15)11-27)20(36(29,30)31)28-38(32,33)19-9-14-8-16(34-5-3-25)17(35-6-4-26)10-18(14)37-19/h1-2,7-10,20,28H,3-6,25-26H2,(H2,29,30,31). The second-order valence-corrected chi connectivity index (χ2v) is 12.4. The normalized spacial score (nSPS) is 13.3. The predicted octanol–water partition coefficient (Wildman–Crippen LogP) is 2.62. The smallest absolute Gasteiger partial charge is 0.417 e. The maximum atomic E-state index is 13.4. The van der Waals surface area contributed by atoms with Crippen molar-refractivity contribution in [2.75, 3.05) is 26.3 Å². The van der Waals surface area contributed by atoms with Gasteiger partial charge in [-0.1, -0.05) is 6.07 Å². The third-order valence-electron chi connectivity index (χ3n) is 4.96. The molecule has 2 aromatic carbocycles. The molecule has 7 N–H and O–H groups in total. The number of nitrogens with zero attached hydrogens (tertiary/aromatic N) is 1. The van der Waals surface area contributed by atoms with E-state index in [4.69, 9.17) is 26.2 Å². The van der Waals surface area contributed by atoms with Crippen molar-refractivity contribution in [2.24, 2.45) is 11.5 Å². The number of hydrogen-bond donors (Lipinski definition) is 5. The molecule has 0 amide bonds. The molecule has 0 fully saturated rings. The number of fused-ring (bicyclic) bond motifs is 1. The van der Waals surface area contributed by atoms with Gasteiger partial charge in [-0.2, -0.15) is 23.2 Å². The number of nitriles is 1. The highest BCUT2D eigenvalue weighted by Gasteiger charge is 2.39. The van der Waals surface area contributed by atoms with Crippen LogP contribution < -0.4 is 25.7 Å². The lowest BCUT2D eigenvalue weighted by Gasteiger charge is -2.21. The fraction of sp³-hybridized carbons (Fsp3) is 0.286. The predicted molar refractivity (Wildman–Crippen MR) is 132 cm³/mol. The first-order valence-electron chi connectivity index (χ1n) is 10.6. The lowest BCUT2D eigenvalue weighted by Crippen LogP contribution is -2.28. The fourth-order valence-corrected chi connectivity index (χ4v) is 7.32. The number of nitrogens with two attached hydrogens (primary N) is 2. The van der Waals surface area contributed by atoms with E-state index in [0.717, 1.165) is 17.4 Å². The summed E-state index contributed by atoms with van der Waals surface area (Å²) in [7, 11) is -10.1. The quantitative estimate of drug-likeness (QED) is 0.206. The SMILES string of the molecule is N#Cc1ccc(C(NS(=O)(=O)c2cc3cc(OCCN)c(OCCN)cc3s2)P(=O)(O)O)cc1C(F)(F)F. The van der Waals surface area contributed by atoms with E-state index in [1.807, 2.05) is 4.72 Å². The number of ether oxygens (including phenoxy) is 2. The number of alkyl halides is 3.